The predicted octanol–water partition coefficient (Wildman–Crippen LogP) is 2.99. The molecule has 1 unspecified atom stereocenters. The first-order chi connectivity index (χ1) is 9.22. The van der Waals surface area contributed by atoms with Crippen LogP contribution in [-0.2, 0) is 6.54 Å². The quantitative estimate of drug-likeness (QED) is 0.749. The van der Waals surface area contributed by atoms with Crippen molar-refractivity contribution in [3.63, 3.8) is 0 Å². The third kappa shape index (κ3) is 3.58. The number of H-pyrrole nitrogens is 1. The molecule has 2 aromatic rings. The molecule has 0 amide bonds. The molecule has 1 aromatic carbocycles. The summed E-state index contributed by atoms with van der Waals surface area (Å²) in [4.78, 5) is 5.66. The standard InChI is InChI=1S/C16H25N3/c1-4-13(2)19(3)11-10-17-12-14-6-5-7-16-15(14)8-9-18-16/h5-9,13,17-18H,4,10-12H2,1-3H3. The highest BCUT2D eigenvalue weighted by atomic mass is 15.1. The van der Waals surface area contributed by atoms with E-state index in [2.05, 4.69) is 60.4 Å². The molecular weight excluding hydrogens is 234 g/mol. The maximum absolute atomic E-state index is 3.54. The highest BCUT2D eigenvalue weighted by Crippen LogP contribution is 2.16. The van der Waals surface area contributed by atoms with Crippen LogP contribution in [0, 0.1) is 0 Å². The van der Waals surface area contributed by atoms with Gasteiger partial charge in [-0.3, -0.25) is 0 Å². The van der Waals surface area contributed by atoms with Crippen LogP contribution in [0.15, 0.2) is 30.5 Å². The van der Waals surface area contributed by atoms with Crippen molar-refractivity contribution in [1.82, 2.24) is 15.2 Å². The number of fused-ring (bicyclic) bond motifs is 1. The van der Waals surface area contributed by atoms with Gasteiger partial charge in [0.05, 0.1) is 0 Å². The van der Waals surface area contributed by atoms with E-state index in [4.69, 9.17) is 0 Å². The first kappa shape index (κ1) is 14.1. The Morgan fingerprint density at radius 2 is 2.16 bits per heavy atom. The van der Waals surface area contributed by atoms with Gasteiger partial charge < -0.3 is 15.2 Å². The Hall–Kier alpha value is -1.32. The third-order valence-electron chi connectivity index (χ3n) is 3.99. The van der Waals surface area contributed by atoms with Gasteiger partial charge in [-0.1, -0.05) is 19.1 Å². The normalized spacial score (nSPS) is 13.3. The highest BCUT2D eigenvalue weighted by Gasteiger charge is 2.06. The van der Waals surface area contributed by atoms with E-state index < -0.39 is 0 Å². The average molecular weight is 259 g/mol. The van der Waals surface area contributed by atoms with Crippen LogP contribution in [0.1, 0.15) is 25.8 Å². The fourth-order valence-corrected chi connectivity index (χ4v) is 2.32. The summed E-state index contributed by atoms with van der Waals surface area (Å²) in [5, 5.41) is 4.86. The molecular formula is C16H25N3. The molecule has 0 aliphatic heterocycles. The molecule has 19 heavy (non-hydrogen) atoms. The van der Waals surface area contributed by atoms with E-state index in [9.17, 15) is 0 Å². The van der Waals surface area contributed by atoms with E-state index in [-0.39, 0.29) is 0 Å². The Bertz CT molecular complexity index is 503. The van der Waals surface area contributed by atoms with Gasteiger partial charge in [-0.25, -0.2) is 0 Å². The molecule has 3 nitrogen and oxygen atoms in total. The molecule has 2 N–H and O–H groups in total. The van der Waals surface area contributed by atoms with Crippen LogP contribution in [0.2, 0.25) is 0 Å². The molecule has 2 rings (SSSR count). The molecule has 0 bridgehead atoms. The van der Waals surface area contributed by atoms with Gasteiger partial charge in [-0.2, -0.15) is 0 Å². The zero-order chi connectivity index (χ0) is 13.7. The molecule has 0 aliphatic carbocycles. The van der Waals surface area contributed by atoms with Crippen LogP contribution in [0.3, 0.4) is 0 Å². The summed E-state index contributed by atoms with van der Waals surface area (Å²) in [6.45, 7) is 7.57. The molecule has 1 aromatic heterocycles. The van der Waals surface area contributed by atoms with Crippen LogP contribution in [-0.4, -0.2) is 36.1 Å². The Balaban J connectivity index is 1.81. The minimum absolute atomic E-state index is 0.662. The molecule has 0 radical (unpaired) electrons. The van der Waals surface area contributed by atoms with Gasteiger partial charge in [0, 0.05) is 42.8 Å². The summed E-state index contributed by atoms with van der Waals surface area (Å²) in [6, 6.07) is 9.24. The number of benzene rings is 1. The van der Waals surface area contributed by atoms with Crippen molar-refractivity contribution >= 4 is 10.9 Å². The zero-order valence-electron chi connectivity index (χ0n) is 12.2. The summed E-state index contributed by atoms with van der Waals surface area (Å²) >= 11 is 0. The first-order valence-corrected chi connectivity index (χ1v) is 7.18. The Labute approximate surface area is 116 Å². The topological polar surface area (TPSA) is 31.1 Å². The Kier molecular flexibility index (Phi) is 5.00. The van der Waals surface area contributed by atoms with E-state index in [1.54, 1.807) is 0 Å². The SMILES string of the molecule is CCC(C)N(C)CCNCc1cccc2[nH]ccc12. The van der Waals surface area contributed by atoms with Crippen LogP contribution in [0.5, 0.6) is 0 Å². The summed E-state index contributed by atoms with van der Waals surface area (Å²) in [5.74, 6) is 0. The molecule has 0 saturated heterocycles. The van der Waals surface area contributed by atoms with Crippen molar-refractivity contribution in [2.45, 2.75) is 32.9 Å². The molecule has 104 valence electrons. The molecule has 1 atom stereocenters. The summed E-state index contributed by atoms with van der Waals surface area (Å²) in [6.07, 6.45) is 3.21. The van der Waals surface area contributed by atoms with Gasteiger partial charge in [-0.15, -0.1) is 0 Å². The van der Waals surface area contributed by atoms with Crippen molar-refractivity contribution in [2.75, 3.05) is 20.1 Å². The number of likely N-dealkylation sites (N-methyl/N-ethyl adjacent to an activating group) is 1. The van der Waals surface area contributed by atoms with Gasteiger partial charge in [0.2, 0.25) is 0 Å². The van der Waals surface area contributed by atoms with Crippen LogP contribution in [0.4, 0.5) is 0 Å². The second-order valence-corrected chi connectivity index (χ2v) is 5.27. The molecule has 0 fully saturated rings. The molecule has 1 heterocycles. The second kappa shape index (κ2) is 6.73. The number of hydrogen-bond donors (Lipinski definition) is 2. The maximum Gasteiger partial charge on any atom is 0.0457 e. The van der Waals surface area contributed by atoms with Crippen molar-refractivity contribution in [3.05, 3.63) is 36.0 Å². The van der Waals surface area contributed by atoms with Crippen LogP contribution >= 0.6 is 0 Å². The zero-order valence-corrected chi connectivity index (χ0v) is 12.2. The first-order valence-electron chi connectivity index (χ1n) is 7.18. The number of aromatic amines is 1. The van der Waals surface area contributed by atoms with Gasteiger partial charge >= 0.3 is 0 Å². The number of aromatic nitrogens is 1. The predicted molar refractivity (Wildman–Crippen MR) is 82.4 cm³/mol. The van der Waals surface area contributed by atoms with Crippen LogP contribution in [0.25, 0.3) is 10.9 Å². The van der Waals surface area contributed by atoms with E-state index in [1.807, 2.05) is 6.20 Å². The minimum atomic E-state index is 0.662. The van der Waals surface area contributed by atoms with Gasteiger partial charge in [0.15, 0.2) is 0 Å². The lowest BCUT2D eigenvalue weighted by Gasteiger charge is -2.23. The fraction of sp³-hybridized carbons (Fsp3) is 0.500. The van der Waals surface area contributed by atoms with E-state index in [0.29, 0.717) is 6.04 Å². The Morgan fingerprint density at radius 3 is 2.95 bits per heavy atom. The summed E-state index contributed by atoms with van der Waals surface area (Å²) in [5.41, 5.74) is 2.58. The summed E-state index contributed by atoms with van der Waals surface area (Å²) < 4.78 is 0. The average Bonchev–Trinajstić information content (AvgIpc) is 2.91. The van der Waals surface area contributed by atoms with Gasteiger partial charge in [0.25, 0.3) is 0 Å². The van der Waals surface area contributed by atoms with E-state index in [1.165, 1.54) is 22.9 Å². The largest absolute Gasteiger partial charge is 0.361 e. The second-order valence-electron chi connectivity index (χ2n) is 5.27. The number of nitrogens with zero attached hydrogens (tertiary/aromatic N) is 1. The van der Waals surface area contributed by atoms with E-state index >= 15 is 0 Å². The highest BCUT2D eigenvalue weighted by molar-refractivity contribution is 5.82. The van der Waals surface area contributed by atoms with Crippen LogP contribution < -0.4 is 5.32 Å². The van der Waals surface area contributed by atoms with Gasteiger partial charge in [-0.05, 0) is 38.1 Å². The lowest BCUT2D eigenvalue weighted by atomic mass is 10.1. The third-order valence-corrected chi connectivity index (χ3v) is 3.99. The van der Waals surface area contributed by atoms with Crippen molar-refractivity contribution in [1.29, 1.82) is 0 Å². The lowest BCUT2D eigenvalue weighted by molar-refractivity contribution is 0.252. The van der Waals surface area contributed by atoms with Crippen molar-refractivity contribution in [2.24, 2.45) is 0 Å². The van der Waals surface area contributed by atoms with Crippen molar-refractivity contribution < 1.29 is 0 Å². The minimum Gasteiger partial charge on any atom is -0.361 e. The maximum atomic E-state index is 3.54. The van der Waals surface area contributed by atoms with Crippen molar-refractivity contribution in [3.8, 4) is 0 Å². The molecule has 3 heteroatoms. The fourth-order valence-electron chi connectivity index (χ4n) is 2.32. The number of hydrogen-bond acceptors (Lipinski definition) is 2. The monoisotopic (exact) mass is 259 g/mol. The number of rotatable bonds is 7. The van der Waals surface area contributed by atoms with E-state index in [0.717, 1.165) is 19.6 Å². The number of nitrogens with one attached hydrogen (secondary N) is 2. The smallest absolute Gasteiger partial charge is 0.0457 e. The van der Waals surface area contributed by atoms with Gasteiger partial charge in [0.1, 0.15) is 0 Å². The molecule has 0 spiro atoms. The molecule has 0 saturated carbocycles. The summed E-state index contributed by atoms with van der Waals surface area (Å²) in [7, 11) is 2.20. The lowest BCUT2D eigenvalue weighted by Crippen LogP contribution is -2.34. The Morgan fingerprint density at radius 1 is 1.32 bits per heavy atom. The molecule has 0 aliphatic rings.